The summed E-state index contributed by atoms with van der Waals surface area (Å²) in [5.74, 6) is -1.40. The average Bonchev–Trinajstić information content (AvgIpc) is 2.54. The highest BCUT2D eigenvalue weighted by atomic mass is 32.2. The second-order valence-electron chi connectivity index (χ2n) is 4.98. The third-order valence-electron chi connectivity index (χ3n) is 3.64. The molecule has 1 unspecified atom stereocenters. The molecule has 0 saturated carbocycles. The first-order valence-corrected chi connectivity index (χ1v) is 7.30. The van der Waals surface area contributed by atoms with E-state index in [2.05, 4.69) is 0 Å². The number of hydrogen-bond acceptors (Lipinski definition) is 4. The fourth-order valence-corrected chi connectivity index (χ4v) is 2.95. The highest BCUT2D eigenvalue weighted by Crippen LogP contribution is 2.39. The lowest BCUT2D eigenvalue weighted by molar-refractivity contribution is -0.109. The van der Waals surface area contributed by atoms with Gasteiger partial charge in [-0.15, -0.1) is 0 Å². The fraction of sp³-hybridized carbons (Fsp3) is 0.143. The van der Waals surface area contributed by atoms with Crippen LogP contribution in [-0.4, -0.2) is 29.3 Å². The van der Waals surface area contributed by atoms with Crippen LogP contribution in [0.1, 0.15) is 28.4 Å². The SMILES string of the molecule is CC1(S(=O)(=O)O)C=Cc2cccc3c2C(=C1)C(=O)C3=O. The summed E-state index contributed by atoms with van der Waals surface area (Å²) in [6.45, 7) is 1.27. The van der Waals surface area contributed by atoms with Gasteiger partial charge in [0.2, 0.25) is 11.6 Å². The zero-order valence-corrected chi connectivity index (χ0v) is 11.3. The van der Waals surface area contributed by atoms with E-state index in [0.29, 0.717) is 11.1 Å². The monoisotopic (exact) mass is 290 g/mol. The quantitative estimate of drug-likeness (QED) is 0.625. The summed E-state index contributed by atoms with van der Waals surface area (Å²) in [6.07, 6.45) is 3.95. The topological polar surface area (TPSA) is 88.5 Å². The minimum atomic E-state index is -4.45. The van der Waals surface area contributed by atoms with Crippen molar-refractivity contribution in [3.63, 3.8) is 0 Å². The van der Waals surface area contributed by atoms with Crippen LogP contribution in [0, 0.1) is 0 Å². The fourth-order valence-electron chi connectivity index (χ4n) is 2.45. The first kappa shape index (κ1) is 13.0. The zero-order chi connectivity index (χ0) is 14.7. The van der Waals surface area contributed by atoms with Gasteiger partial charge in [-0.1, -0.05) is 30.4 Å². The molecule has 0 aromatic heterocycles. The van der Waals surface area contributed by atoms with Gasteiger partial charge in [0.05, 0.1) is 0 Å². The van der Waals surface area contributed by atoms with Crippen molar-refractivity contribution in [2.24, 2.45) is 0 Å². The molecule has 0 amide bonds. The Morgan fingerprint density at radius 1 is 1.15 bits per heavy atom. The summed E-state index contributed by atoms with van der Waals surface area (Å²) < 4.78 is 30.7. The highest BCUT2D eigenvalue weighted by molar-refractivity contribution is 7.87. The lowest BCUT2D eigenvalue weighted by Crippen LogP contribution is -2.30. The number of Topliss-reactive ketones (excluding diaryl/α,β-unsaturated/α-hetero) is 2. The molecule has 1 aromatic rings. The van der Waals surface area contributed by atoms with Gasteiger partial charge in [0.25, 0.3) is 10.1 Å². The molecule has 6 heteroatoms. The van der Waals surface area contributed by atoms with Gasteiger partial charge in [-0.2, -0.15) is 8.42 Å². The number of benzene rings is 1. The standard InChI is InChI=1S/C14H10O5S/c1-14(20(17,18)19)6-5-8-3-2-4-9-11(8)10(7-14)13(16)12(9)15/h2-7H,1H3,(H,17,18,19). The Morgan fingerprint density at radius 3 is 2.50 bits per heavy atom. The molecule has 2 aliphatic rings. The summed E-state index contributed by atoms with van der Waals surface area (Å²) in [5, 5.41) is 0. The average molecular weight is 290 g/mol. The van der Waals surface area contributed by atoms with Gasteiger partial charge >= 0.3 is 0 Å². The molecule has 0 fully saturated rings. The van der Waals surface area contributed by atoms with Gasteiger partial charge in [-0.05, 0) is 18.6 Å². The Balaban J connectivity index is 2.40. The van der Waals surface area contributed by atoms with Crippen molar-refractivity contribution in [3.05, 3.63) is 47.0 Å². The van der Waals surface area contributed by atoms with Crippen LogP contribution >= 0.6 is 0 Å². The molecular formula is C14H10O5S. The predicted molar refractivity (Wildman–Crippen MR) is 72.7 cm³/mol. The van der Waals surface area contributed by atoms with Crippen LogP contribution in [0.2, 0.25) is 0 Å². The van der Waals surface area contributed by atoms with E-state index in [-0.39, 0.29) is 11.1 Å². The minimum Gasteiger partial charge on any atom is -0.285 e. The molecule has 0 spiro atoms. The van der Waals surface area contributed by atoms with E-state index in [1.165, 1.54) is 25.1 Å². The van der Waals surface area contributed by atoms with Crippen LogP contribution in [0.15, 0.2) is 30.4 Å². The van der Waals surface area contributed by atoms with Gasteiger partial charge in [0.15, 0.2) is 0 Å². The zero-order valence-electron chi connectivity index (χ0n) is 10.5. The summed E-state index contributed by atoms with van der Waals surface area (Å²) >= 11 is 0. The molecule has 1 N–H and O–H groups in total. The van der Waals surface area contributed by atoms with E-state index in [4.69, 9.17) is 0 Å². The van der Waals surface area contributed by atoms with Crippen molar-refractivity contribution in [1.29, 1.82) is 0 Å². The van der Waals surface area contributed by atoms with Crippen molar-refractivity contribution in [2.45, 2.75) is 11.7 Å². The molecule has 0 saturated heterocycles. The number of rotatable bonds is 1. The second-order valence-corrected chi connectivity index (χ2v) is 6.81. The van der Waals surface area contributed by atoms with Gasteiger partial charge in [0.1, 0.15) is 4.75 Å². The van der Waals surface area contributed by atoms with Crippen LogP contribution in [0.4, 0.5) is 0 Å². The Bertz CT molecular complexity index is 829. The molecular weight excluding hydrogens is 280 g/mol. The van der Waals surface area contributed by atoms with Crippen LogP contribution < -0.4 is 0 Å². The maximum absolute atomic E-state index is 12.0. The van der Waals surface area contributed by atoms with Gasteiger partial charge in [0, 0.05) is 16.7 Å². The third-order valence-corrected chi connectivity index (χ3v) is 5.01. The highest BCUT2D eigenvalue weighted by Gasteiger charge is 2.42. The van der Waals surface area contributed by atoms with Crippen LogP contribution in [0.25, 0.3) is 11.6 Å². The van der Waals surface area contributed by atoms with Crippen molar-refractivity contribution in [1.82, 2.24) is 0 Å². The van der Waals surface area contributed by atoms with Crippen molar-refractivity contribution < 1.29 is 22.6 Å². The number of carbonyl (C=O) groups is 2. The Hall–Kier alpha value is -2.05. The summed E-state index contributed by atoms with van der Waals surface area (Å²) in [4.78, 5) is 23.9. The maximum atomic E-state index is 12.0. The number of carbonyl (C=O) groups excluding carboxylic acids is 2. The Labute approximate surface area is 115 Å². The van der Waals surface area contributed by atoms with Gasteiger partial charge in [-0.3, -0.25) is 14.1 Å². The lowest BCUT2D eigenvalue weighted by Gasteiger charge is -2.17. The third kappa shape index (κ3) is 1.55. The first-order chi connectivity index (χ1) is 9.24. The molecule has 1 atom stereocenters. The Kier molecular flexibility index (Phi) is 2.42. The molecule has 0 aliphatic heterocycles. The van der Waals surface area contributed by atoms with Crippen LogP contribution in [0.3, 0.4) is 0 Å². The summed E-state index contributed by atoms with van der Waals surface area (Å²) in [7, 11) is -4.45. The molecule has 0 radical (unpaired) electrons. The summed E-state index contributed by atoms with van der Waals surface area (Å²) in [5.41, 5.74) is 1.32. The number of hydrogen-bond donors (Lipinski definition) is 1. The molecule has 20 heavy (non-hydrogen) atoms. The Morgan fingerprint density at radius 2 is 1.85 bits per heavy atom. The van der Waals surface area contributed by atoms with E-state index >= 15 is 0 Å². The van der Waals surface area contributed by atoms with Gasteiger partial charge < -0.3 is 0 Å². The summed E-state index contributed by atoms with van der Waals surface area (Å²) in [6, 6.07) is 4.84. The van der Waals surface area contributed by atoms with E-state index in [1.807, 2.05) is 0 Å². The maximum Gasteiger partial charge on any atom is 0.277 e. The predicted octanol–water partition coefficient (Wildman–Crippen LogP) is 1.51. The molecule has 2 aliphatic carbocycles. The minimum absolute atomic E-state index is 0.0331. The smallest absolute Gasteiger partial charge is 0.277 e. The van der Waals surface area contributed by atoms with E-state index in [9.17, 15) is 22.6 Å². The largest absolute Gasteiger partial charge is 0.285 e. The number of allylic oxidation sites excluding steroid dienone is 1. The van der Waals surface area contributed by atoms with E-state index in [0.717, 1.165) is 6.08 Å². The normalized spacial score (nSPS) is 24.4. The lowest BCUT2D eigenvalue weighted by atomic mass is 10.0. The molecule has 102 valence electrons. The molecule has 0 bridgehead atoms. The molecule has 1 aromatic carbocycles. The first-order valence-electron chi connectivity index (χ1n) is 5.86. The second kappa shape index (κ2) is 3.74. The molecule has 5 nitrogen and oxygen atoms in total. The van der Waals surface area contributed by atoms with Crippen LogP contribution in [-0.2, 0) is 14.9 Å². The van der Waals surface area contributed by atoms with Gasteiger partial charge in [-0.25, -0.2) is 0 Å². The number of ketones is 2. The van der Waals surface area contributed by atoms with E-state index < -0.39 is 26.4 Å². The van der Waals surface area contributed by atoms with Crippen molar-refractivity contribution >= 4 is 33.3 Å². The molecule has 3 rings (SSSR count). The molecule has 0 heterocycles. The van der Waals surface area contributed by atoms with E-state index in [1.54, 1.807) is 12.1 Å². The van der Waals surface area contributed by atoms with Crippen LogP contribution in [0.5, 0.6) is 0 Å². The van der Waals surface area contributed by atoms with Crippen molar-refractivity contribution in [3.8, 4) is 0 Å². The van der Waals surface area contributed by atoms with Crippen molar-refractivity contribution in [2.75, 3.05) is 0 Å².